The summed E-state index contributed by atoms with van der Waals surface area (Å²) in [6.45, 7) is 7.87. The highest BCUT2D eigenvalue weighted by atomic mass is 16.1. The fourth-order valence-electron chi connectivity index (χ4n) is 2.56. The van der Waals surface area contributed by atoms with Crippen molar-refractivity contribution in [2.75, 3.05) is 5.73 Å². The van der Waals surface area contributed by atoms with Crippen molar-refractivity contribution in [1.82, 2.24) is 15.3 Å². The lowest BCUT2D eigenvalue weighted by atomic mass is 9.96. The van der Waals surface area contributed by atoms with E-state index in [1.165, 1.54) is 0 Å². The highest BCUT2D eigenvalue weighted by molar-refractivity contribution is 5.91. The zero-order valence-electron chi connectivity index (χ0n) is 14.6. The summed E-state index contributed by atoms with van der Waals surface area (Å²) in [5.74, 6) is 0.665. The van der Waals surface area contributed by atoms with Crippen molar-refractivity contribution < 1.29 is 4.79 Å². The van der Waals surface area contributed by atoms with Gasteiger partial charge in [-0.2, -0.15) is 0 Å². The van der Waals surface area contributed by atoms with E-state index in [-0.39, 0.29) is 11.8 Å². The second-order valence-electron chi connectivity index (χ2n) is 5.40. The number of carbonyl (C=O) groups is 1. The number of ketones is 1. The Morgan fingerprint density at radius 1 is 1.21 bits per heavy atom. The van der Waals surface area contributed by atoms with E-state index in [1.807, 2.05) is 46.0 Å². The van der Waals surface area contributed by atoms with Crippen LogP contribution >= 0.6 is 0 Å². The number of fused-ring (bicyclic) bond motifs is 1. The van der Waals surface area contributed by atoms with Gasteiger partial charge in [0.2, 0.25) is 0 Å². The molecule has 0 bridgehead atoms. The van der Waals surface area contributed by atoms with Gasteiger partial charge in [-0.3, -0.25) is 9.78 Å². The van der Waals surface area contributed by atoms with E-state index in [0.717, 1.165) is 27.6 Å². The number of carbonyl (C=O) groups excluding carboxylic acids is 1. The molecule has 24 heavy (non-hydrogen) atoms. The van der Waals surface area contributed by atoms with Gasteiger partial charge in [-0.05, 0) is 24.6 Å². The van der Waals surface area contributed by atoms with E-state index in [2.05, 4.69) is 15.3 Å². The molecule has 3 rings (SSSR count). The molecule has 2 aromatic rings. The largest absolute Gasteiger partial charge is 0.384 e. The average molecular weight is 324 g/mol. The number of pyridine rings is 2. The maximum Gasteiger partial charge on any atom is 0.158 e. The second kappa shape index (κ2) is 7.73. The minimum atomic E-state index is -0.240. The molecule has 0 radical (unpaired) electrons. The Labute approximate surface area is 142 Å². The number of anilines is 1. The molecule has 0 fully saturated rings. The number of aromatic nitrogens is 2. The summed E-state index contributed by atoms with van der Waals surface area (Å²) in [5, 5.41) is 5.09. The molecule has 5 heteroatoms. The van der Waals surface area contributed by atoms with Crippen LogP contribution in [0.4, 0.5) is 5.82 Å². The zero-order chi connectivity index (χ0) is 17.7. The third-order valence-corrected chi connectivity index (χ3v) is 3.84. The zero-order valence-corrected chi connectivity index (χ0v) is 14.6. The normalized spacial score (nSPS) is 16.4. The molecular formula is C19H24N4O. The molecule has 1 aliphatic heterocycles. The highest BCUT2D eigenvalue weighted by Crippen LogP contribution is 2.26. The van der Waals surface area contributed by atoms with Gasteiger partial charge in [-0.1, -0.05) is 26.8 Å². The number of hydrogen-bond acceptors (Lipinski definition) is 5. The van der Waals surface area contributed by atoms with E-state index < -0.39 is 0 Å². The van der Waals surface area contributed by atoms with Crippen LogP contribution < -0.4 is 11.1 Å². The molecule has 126 valence electrons. The molecule has 0 saturated heterocycles. The molecule has 0 amide bonds. The van der Waals surface area contributed by atoms with Gasteiger partial charge in [0.1, 0.15) is 11.9 Å². The minimum Gasteiger partial charge on any atom is -0.384 e. The van der Waals surface area contributed by atoms with Crippen molar-refractivity contribution in [2.45, 2.75) is 40.2 Å². The van der Waals surface area contributed by atoms with Crippen LogP contribution in [-0.4, -0.2) is 21.8 Å². The lowest BCUT2D eigenvalue weighted by Gasteiger charge is -2.20. The van der Waals surface area contributed by atoms with Crippen molar-refractivity contribution in [3.8, 4) is 0 Å². The summed E-state index contributed by atoms with van der Waals surface area (Å²) in [5.41, 5.74) is 8.56. The fourth-order valence-corrected chi connectivity index (χ4v) is 2.56. The van der Waals surface area contributed by atoms with Gasteiger partial charge in [-0.15, -0.1) is 0 Å². The van der Waals surface area contributed by atoms with Gasteiger partial charge >= 0.3 is 0 Å². The monoisotopic (exact) mass is 324 g/mol. The van der Waals surface area contributed by atoms with Gasteiger partial charge in [0.25, 0.3) is 0 Å². The molecule has 1 aliphatic rings. The summed E-state index contributed by atoms with van der Waals surface area (Å²) in [6.07, 6.45) is 7.88. The number of nitrogens with two attached hydrogens (primary N) is 1. The first-order chi connectivity index (χ1) is 11.6. The van der Waals surface area contributed by atoms with Crippen molar-refractivity contribution >= 4 is 27.9 Å². The number of nitrogen functional groups attached to an aromatic ring is 1. The molecular weight excluding hydrogens is 300 g/mol. The minimum absolute atomic E-state index is 0.181. The first-order valence-corrected chi connectivity index (χ1v) is 8.28. The molecule has 0 saturated carbocycles. The molecule has 1 atom stereocenters. The molecule has 0 spiro atoms. The van der Waals surface area contributed by atoms with Crippen LogP contribution in [0.5, 0.6) is 0 Å². The Balaban J connectivity index is 0.00000100. The Kier molecular flexibility index (Phi) is 5.68. The lowest BCUT2D eigenvalue weighted by Crippen LogP contribution is -2.33. The third kappa shape index (κ3) is 3.62. The number of Topliss-reactive ketones (excluding diaryl/α,β-unsaturated/α-hetero) is 1. The number of rotatable bonds is 3. The Hall–Kier alpha value is -2.69. The Morgan fingerprint density at radius 3 is 2.54 bits per heavy atom. The van der Waals surface area contributed by atoms with Crippen molar-refractivity contribution in [3.63, 3.8) is 0 Å². The third-order valence-electron chi connectivity index (χ3n) is 3.84. The Bertz CT molecular complexity index is 808. The van der Waals surface area contributed by atoms with E-state index in [0.29, 0.717) is 12.2 Å². The fraction of sp³-hybridized carbons (Fsp3) is 0.316. The second-order valence-corrected chi connectivity index (χ2v) is 5.40. The molecule has 5 nitrogen and oxygen atoms in total. The SMILES string of the molecule is CC.CCC(=O)C1C=C(C)C(c2cc3cnc(N)cc3cn2)=CN1. The predicted molar refractivity (Wildman–Crippen MR) is 99.3 cm³/mol. The maximum absolute atomic E-state index is 11.8. The lowest BCUT2D eigenvalue weighted by molar-refractivity contribution is -0.119. The van der Waals surface area contributed by atoms with Gasteiger partial charge in [-0.25, -0.2) is 4.98 Å². The molecule has 3 N–H and O–H groups in total. The van der Waals surface area contributed by atoms with Gasteiger partial charge in [0.15, 0.2) is 5.78 Å². The van der Waals surface area contributed by atoms with E-state index in [9.17, 15) is 4.79 Å². The standard InChI is InChI=1S/C17H18N4O.C2H6/c1-3-16(22)15-4-10(2)13(9-20-15)14-5-11-8-21-17(18)6-12(11)7-19-14;1-2/h4-9,15,20H,3H2,1-2H3,(H2,18,21);1-2H3. The van der Waals surface area contributed by atoms with Crippen LogP contribution in [0.3, 0.4) is 0 Å². The van der Waals surface area contributed by atoms with Crippen LogP contribution in [0.15, 0.2) is 42.4 Å². The molecule has 0 aliphatic carbocycles. The number of nitrogens with one attached hydrogen (secondary N) is 1. The van der Waals surface area contributed by atoms with Crippen molar-refractivity contribution in [3.05, 3.63) is 48.1 Å². The van der Waals surface area contributed by atoms with E-state index >= 15 is 0 Å². The van der Waals surface area contributed by atoms with E-state index in [1.54, 1.807) is 18.5 Å². The summed E-state index contributed by atoms with van der Waals surface area (Å²) in [4.78, 5) is 20.4. The van der Waals surface area contributed by atoms with Crippen LogP contribution in [0.1, 0.15) is 39.8 Å². The summed E-state index contributed by atoms with van der Waals surface area (Å²) in [7, 11) is 0. The quantitative estimate of drug-likeness (QED) is 0.903. The topological polar surface area (TPSA) is 80.9 Å². The van der Waals surface area contributed by atoms with Gasteiger partial charge in [0, 0.05) is 41.4 Å². The van der Waals surface area contributed by atoms with Gasteiger partial charge in [0.05, 0.1) is 5.69 Å². The Morgan fingerprint density at radius 2 is 1.88 bits per heavy atom. The number of allylic oxidation sites excluding steroid dienone is 2. The molecule has 2 aromatic heterocycles. The predicted octanol–water partition coefficient (Wildman–Crippen LogP) is 3.48. The van der Waals surface area contributed by atoms with Crippen LogP contribution in [0.25, 0.3) is 16.3 Å². The number of nitrogens with zero attached hydrogens (tertiary/aromatic N) is 2. The average Bonchev–Trinajstić information content (AvgIpc) is 2.62. The molecule has 1 unspecified atom stereocenters. The van der Waals surface area contributed by atoms with Gasteiger partial charge < -0.3 is 11.1 Å². The first kappa shape index (κ1) is 17.7. The van der Waals surface area contributed by atoms with Crippen molar-refractivity contribution in [2.24, 2.45) is 0 Å². The summed E-state index contributed by atoms with van der Waals surface area (Å²) >= 11 is 0. The smallest absolute Gasteiger partial charge is 0.158 e. The number of hydrogen-bond donors (Lipinski definition) is 2. The molecule has 0 aromatic carbocycles. The summed E-state index contributed by atoms with van der Waals surface area (Å²) < 4.78 is 0. The summed E-state index contributed by atoms with van der Waals surface area (Å²) in [6, 6.07) is 3.54. The van der Waals surface area contributed by atoms with Crippen LogP contribution in [0.2, 0.25) is 0 Å². The van der Waals surface area contributed by atoms with Crippen LogP contribution in [0, 0.1) is 0 Å². The first-order valence-electron chi connectivity index (χ1n) is 8.28. The number of dihydropyridines is 1. The van der Waals surface area contributed by atoms with E-state index in [4.69, 9.17) is 5.73 Å². The molecule has 3 heterocycles. The highest BCUT2D eigenvalue weighted by Gasteiger charge is 2.19. The van der Waals surface area contributed by atoms with Crippen LogP contribution in [-0.2, 0) is 4.79 Å². The maximum atomic E-state index is 11.8. The van der Waals surface area contributed by atoms with Crippen molar-refractivity contribution in [1.29, 1.82) is 0 Å².